The molecule has 7 heteroatoms. The number of rotatable bonds is 4. The first-order chi connectivity index (χ1) is 9.65. The van der Waals surface area contributed by atoms with Crippen LogP contribution in [0.4, 0.5) is 5.69 Å². The highest BCUT2D eigenvalue weighted by molar-refractivity contribution is 6.34. The predicted molar refractivity (Wildman–Crippen MR) is 73.2 cm³/mol. The third kappa shape index (κ3) is 3.08. The average molecular weight is 300 g/mol. The second-order valence-electron chi connectivity index (χ2n) is 3.84. The van der Waals surface area contributed by atoms with Crippen LogP contribution in [0.2, 0.25) is 5.02 Å². The molecule has 0 unspecified atom stereocenters. The maximum absolute atomic E-state index is 12.0. The number of carbonyl (C=O) groups is 1. The maximum atomic E-state index is 12.0. The Kier molecular flexibility index (Phi) is 4.57. The lowest BCUT2D eigenvalue weighted by atomic mass is 10.2. The number of hydrogen-bond donors (Lipinski definition) is 1. The molecule has 0 fully saturated rings. The van der Waals surface area contributed by atoms with Gasteiger partial charge in [0.2, 0.25) is 5.76 Å². The Morgan fingerprint density at radius 3 is 2.55 bits per heavy atom. The largest absolute Gasteiger partial charge is 0.494 e. The van der Waals surface area contributed by atoms with E-state index in [-0.39, 0.29) is 5.76 Å². The van der Waals surface area contributed by atoms with Gasteiger partial charge in [-0.2, -0.15) is 0 Å². The van der Waals surface area contributed by atoms with Crippen LogP contribution in [0.3, 0.4) is 0 Å². The van der Waals surface area contributed by atoms with E-state index in [4.69, 9.17) is 30.5 Å². The van der Waals surface area contributed by atoms with Crippen molar-refractivity contribution in [1.82, 2.24) is 0 Å². The standard InChI is InChI=1S/C13H14ClNO5/c1-17-10-5-8(14)9(6-11(10)18-2)15-13(16)12-7-19-3-4-20-12/h5-7H,3-4H2,1-2H3,(H,15,16). The Labute approximate surface area is 121 Å². The molecule has 6 nitrogen and oxygen atoms in total. The summed E-state index contributed by atoms with van der Waals surface area (Å²) in [4.78, 5) is 12.0. The number of ether oxygens (including phenoxy) is 4. The Bertz CT molecular complexity index is 544. The Morgan fingerprint density at radius 1 is 1.25 bits per heavy atom. The zero-order valence-corrected chi connectivity index (χ0v) is 11.8. The van der Waals surface area contributed by atoms with Crippen LogP contribution < -0.4 is 14.8 Å². The maximum Gasteiger partial charge on any atom is 0.294 e. The van der Waals surface area contributed by atoms with Crippen LogP contribution in [0.5, 0.6) is 11.5 Å². The van der Waals surface area contributed by atoms with Crippen molar-refractivity contribution in [2.75, 3.05) is 32.8 Å². The van der Waals surface area contributed by atoms with E-state index >= 15 is 0 Å². The van der Waals surface area contributed by atoms with Crippen LogP contribution in [0.15, 0.2) is 24.2 Å². The molecule has 1 aromatic carbocycles. The van der Waals surface area contributed by atoms with Crippen LogP contribution in [-0.4, -0.2) is 33.3 Å². The van der Waals surface area contributed by atoms with Crippen molar-refractivity contribution in [3.8, 4) is 11.5 Å². The first kappa shape index (κ1) is 14.3. The molecule has 1 N–H and O–H groups in total. The normalized spacial score (nSPS) is 13.7. The summed E-state index contributed by atoms with van der Waals surface area (Å²) >= 11 is 6.08. The van der Waals surface area contributed by atoms with Crippen LogP contribution in [0.25, 0.3) is 0 Å². The zero-order chi connectivity index (χ0) is 14.5. The van der Waals surface area contributed by atoms with Gasteiger partial charge in [-0.25, -0.2) is 0 Å². The van der Waals surface area contributed by atoms with Crippen molar-refractivity contribution in [3.05, 3.63) is 29.2 Å². The lowest BCUT2D eigenvalue weighted by molar-refractivity contribution is -0.117. The van der Waals surface area contributed by atoms with E-state index in [9.17, 15) is 4.79 Å². The molecule has 1 heterocycles. The van der Waals surface area contributed by atoms with E-state index in [0.29, 0.717) is 35.4 Å². The van der Waals surface area contributed by atoms with E-state index < -0.39 is 5.91 Å². The summed E-state index contributed by atoms with van der Waals surface area (Å²) in [7, 11) is 3.00. The number of carbonyl (C=O) groups excluding carboxylic acids is 1. The SMILES string of the molecule is COc1cc(Cl)c(NC(=O)C2=COCCO2)cc1OC. The van der Waals surface area contributed by atoms with E-state index in [1.165, 1.54) is 20.5 Å². The third-order valence-electron chi connectivity index (χ3n) is 2.59. The Balaban J connectivity index is 2.20. The monoisotopic (exact) mass is 299 g/mol. The fraction of sp³-hybridized carbons (Fsp3) is 0.308. The summed E-state index contributed by atoms with van der Waals surface area (Å²) < 4.78 is 20.5. The quantitative estimate of drug-likeness (QED) is 0.923. The van der Waals surface area contributed by atoms with Gasteiger partial charge in [-0.3, -0.25) is 4.79 Å². The first-order valence-electron chi connectivity index (χ1n) is 5.83. The fourth-order valence-corrected chi connectivity index (χ4v) is 1.82. The van der Waals surface area contributed by atoms with Gasteiger partial charge < -0.3 is 24.3 Å². The van der Waals surface area contributed by atoms with Gasteiger partial charge in [0.15, 0.2) is 11.5 Å². The topological polar surface area (TPSA) is 66.0 Å². The number of amides is 1. The lowest BCUT2D eigenvalue weighted by Crippen LogP contribution is -2.21. The molecule has 1 aliphatic heterocycles. The summed E-state index contributed by atoms with van der Waals surface area (Å²) in [5, 5.41) is 2.95. The number of benzene rings is 1. The summed E-state index contributed by atoms with van der Waals surface area (Å²) in [5.74, 6) is 0.592. The molecule has 1 aliphatic rings. The highest BCUT2D eigenvalue weighted by Gasteiger charge is 2.18. The van der Waals surface area contributed by atoms with Crippen molar-refractivity contribution in [1.29, 1.82) is 0 Å². The molecule has 0 aromatic heterocycles. The van der Waals surface area contributed by atoms with Gasteiger partial charge in [-0.05, 0) is 0 Å². The highest BCUT2D eigenvalue weighted by Crippen LogP contribution is 2.36. The molecule has 0 saturated carbocycles. The number of halogens is 1. The molecule has 0 radical (unpaired) electrons. The van der Waals surface area contributed by atoms with Gasteiger partial charge >= 0.3 is 0 Å². The second kappa shape index (κ2) is 6.38. The minimum absolute atomic E-state index is 0.0992. The molecule has 0 aliphatic carbocycles. The third-order valence-corrected chi connectivity index (χ3v) is 2.91. The van der Waals surface area contributed by atoms with Gasteiger partial charge in [-0.15, -0.1) is 0 Å². The molecule has 0 bridgehead atoms. The Morgan fingerprint density at radius 2 is 1.95 bits per heavy atom. The van der Waals surface area contributed by atoms with Crippen LogP contribution in [0.1, 0.15) is 0 Å². The van der Waals surface area contributed by atoms with E-state index in [2.05, 4.69) is 5.32 Å². The molecule has 0 spiro atoms. The van der Waals surface area contributed by atoms with Gasteiger partial charge in [0.25, 0.3) is 5.91 Å². The van der Waals surface area contributed by atoms with Gasteiger partial charge in [0.05, 0.1) is 24.9 Å². The van der Waals surface area contributed by atoms with Crippen molar-refractivity contribution >= 4 is 23.2 Å². The fourth-order valence-electron chi connectivity index (χ4n) is 1.62. The van der Waals surface area contributed by atoms with Crippen molar-refractivity contribution in [2.24, 2.45) is 0 Å². The molecule has 0 saturated heterocycles. The van der Waals surface area contributed by atoms with Crippen molar-refractivity contribution in [2.45, 2.75) is 0 Å². The van der Waals surface area contributed by atoms with Crippen molar-refractivity contribution in [3.63, 3.8) is 0 Å². The van der Waals surface area contributed by atoms with Crippen LogP contribution in [-0.2, 0) is 14.3 Å². The zero-order valence-electron chi connectivity index (χ0n) is 11.1. The van der Waals surface area contributed by atoms with Crippen LogP contribution in [0, 0.1) is 0 Å². The first-order valence-corrected chi connectivity index (χ1v) is 6.21. The Hall–Kier alpha value is -2.08. The average Bonchev–Trinajstić information content (AvgIpc) is 2.49. The lowest BCUT2D eigenvalue weighted by Gasteiger charge is -2.16. The molecular weight excluding hydrogens is 286 g/mol. The molecule has 1 amide bonds. The summed E-state index contributed by atoms with van der Waals surface area (Å²) in [6.07, 6.45) is 1.27. The minimum atomic E-state index is -0.446. The summed E-state index contributed by atoms with van der Waals surface area (Å²) in [5.41, 5.74) is 0.393. The van der Waals surface area contributed by atoms with E-state index in [1.54, 1.807) is 12.1 Å². The van der Waals surface area contributed by atoms with Crippen LogP contribution >= 0.6 is 11.6 Å². The number of hydrogen-bond acceptors (Lipinski definition) is 5. The van der Waals surface area contributed by atoms with Crippen molar-refractivity contribution < 1.29 is 23.7 Å². The van der Waals surface area contributed by atoms with E-state index in [0.717, 1.165) is 0 Å². The predicted octanol–water partition coefficient (Wildman–Crippen LogP) is 2.18. The van der Waals surface area contributed by atoms with Gasteiger partial charge in [-0.1, -0.05) is 11.6 Å². The molecule has 0 atom stereocenters. The summed E-state index contributed by atoms with van der Waals surface area (Å²) in [6, 6.07) is 3.13. The van der Waals surface area contributed by atoms with Gasteiger partial charge in [0.1, 0.15) is 19.5 Å². The minimum Gasteiger partial charge on any atom is -0.494 e. The second-order valence-corrected chi connectivity index (χ2v) is 4.25. The molecule has 1 aromatic rings. The van der Waals surface area contributed by atoms with E-state index in [1.807, 2.05) is 0 Å². The number of nitrogens with one attached hydrogen (secondary N) is 1. The van der Waals surface area contributed by atoms with Gasteiger partial charge in [0, 0.05) is 12.1 Å². The molecule has 20 heavy (non-hydrogen) atoms. The smallest absolute Gasteiger partial charge is 0.294 e. The number of methoxy groups -OCH3 is 2. The summed E-state index contributed by atoms with van der Waals surface area (Å²) in [6.45, 7) is 0.757. The molecular formula is C13H14ClNO5. The number of anilines is 1. The molecule has 2 rings (SSSR count). The highest BCUT2D eigenvalue weighted by atomic mass is 35.5. The molecule has 108 valence electrons.